The molecule has 3 aromatic carbocycles. The number of anilines is 1. The number of rotatable bonds is 6. The molecule has 37 heavy (non-hydrogen) atoms. The first-order chi connectivity index (χ1) is 17.5. The van der Waals surface area contributed by atoms with Gasteiger partial charge in [0.1, 0.15) is 12.4 Å². The SMILES string of the molecule is Cc1cc(C(=O)Nc2cccc(OCc3ccc(F)c(F)c3F)c2)c(C)n1-c1ccccc1C(F)(F)F. The van der Waals surface area contributed by atoms with Crippen molar-refractivity contribution in [1.82, 2.24) is 4.57 Å². The molecule has 0 atom stereocenters. The van der Waals surface area contributed by atoms with Gasteiger partial charge in [0, 0.05) is 28.7 Å². The van der Waals surface area contributed by atoms with Crippen LogP contribution >= 0.6 is 0 Å². The summed E-state index contributed by atoms with van der Waals surface area (Å²) >= 11 is 0. The van der Waals surface area contributed by atoms with Crippen LogP contribution in [0.3, 0.4) is 0 Å². The van der Waals surface area contributed by atoms with Gasteiger partial charge in [-0.1, -0.05) is 18.2 Å². The molecule has 4 rings (SSSR count). The minimum Gasteiger partial charge on any atom is -0.489 e. The molecular formula is C27H20F6N2O2. The van der Waals surface area contributed by atoms with Crippen LogP contribution in [0.5, 0.6) is 5.75 Å². The van der Waals surface area contributed by atoms with Gasteiger partial charge in [-0.05, 0) is 56.3 Å². The van der Waals surface area contributed by atoms with E-state index in [0.29, 0.717) is 17.1 Å². The fraction of sp³-hybridized carbons (Fsp3) is 0.148. The number of nitrogens with one attached hydrogen (secondary N) is 1. The summed E-state index contributed by atoms with van der Waals surface area (Å²) in [5, 5.41) is 2.66. The van der Waals surface area contributed by atoms with Gasteiger partial charge in [0.15, 0.2) is 17.5 Å². The molecule has 0 fully saturated rings. The topological polar surface area (TPSA) is 43.3 Å². The lowest BCUT2D eigenvalue weighted by atomic mass is 10.1. The maximum absolute atomic E-state index is 13.9. The van der Waals surface area contributed by atoms with E-state index in [4.69, 9.17) is 4.74 Å². The Balaban J connectivity index is 1.54. The van der Waals surface area contributed by atoms with Crippen LogP contribution in [0.15, 0.2) is 66.7 Å². The van der Waals surface area contributed by atoms with Gasteiger partial charge in [0.25, 0.3) is 5.91 Å². The normalized spacial score (nSPS) is 11.5. The van der Waals surface area contributed by atoms with Crippen LogP contribution < -0.4 is 10.1 Å². The summed E-state index contributed by atoms with van der Waals surface area (Å²) in [7, 11) is 0. The Hall–Kier alpha value is -4.21. The average Bonchev–Trinajstić information content (AvgIpc) is 3.15. The van der Waals surface area contributed by atoms with E-state index in [1.165, 1.54) is 41.0 Å². The van der Waals surface area contributed by atoms with E-state index in [0.717, 1.165) is 18.2 Å². The Labute approximate surface area is 208 Å². The number of aryl methyl sites for hydroxylation is 1. The second-order valence-electron chi connectivity index (χ2n) is 8.24. The highest BCUT2D eigenvalue weighted by molar-refractivity contribution is 6.05. The summed E-state index contributed by atoms with van der Waals surface area (Å²) in [6, 6.07) is 14.5. The minimum absolute atomic E-state index is 0.0936. The average molecular weight is 518 g/mol. The first-order valence-corrected chi connectivity index (χ1v) is 11.0. The number of carbonyl (C=O) groups is 1. The van der Waals surface area contributed by atoms with E-state index < -0.39 is 35.1 Å². The summed E-state index contributed by atoms with van der Waals surface area (Å²) in [5.41, 5.74) is 0.103. The van der Waals surface area contributed by atoms with Crippen molar-refractivity contribution in [1.29, 1.82) is 0 Å². The molecule has 0 saturated carbocycles. The number of hydrogen-bond donors (Lipinski definition) is 1. The van der Waals surface area contributed by atoms with Crippen molar-refractivity contribution in [3.63, 3.8) is 0 Å². The number of nitrogens with zero attached hydrogens (tertiary/aromatic N) is 1. The van der Waals surface area contributed by atoms with Gasteiger partial charge < -0.3 is 14.6 Å². The number of benzene rings is 3. The van der Waals surface area contributed by atoms with Crippen LogP contribution in [0.4, 0.5) is 32.0 Å². The Morgan fingerprint density at radius 3 is 2.38 bits per heavy atom. The molecule has 192 valence electrons. The standard InChI is InChI=1S/C27H20F6N2O2/c1-15-12-20(16(2)35(15)23-9-4-3-8-21(23)27(31,32)33)26(36)34-18-6-5-7-19(13-18)37-14-17-10-11-22(28)25(30)24(17)29/h3-13H,14H2,1-2H3,(H,34,36). The van der Waals surface area contributed by atoms with Crippen LogP contribution in [-0.4, -0.2) is 10.5 Å². The zero-order valence-electron chi connectivity index (χ0n) is 19.6. The highest BCUT2D eigenvalue weighted by Gasteiger charge is 2.34. The molecule has 0 aliphatic carbocycles. The van der Waals surface area contributed by atoms with E-state index in [2.05, 4.69) is 5.32 Å². The van der Waals surface area contributed by atoms with E-state index in [9.17, 15) is 31.1 Å². The molecule has 4 aromatic rings. The summed E-state index contributed by atoms with van der Waals surface area (Å²) in [6.07, 6.45) is -4.58. The Morgan fingerprint density at radius 2 is 1.65 bits per heavy atom. The number of alkyl halides is 3. The second-order valence-corrected chi connectivity index (χ2v) is 8.24. The number of para-hydroxylation sites is 1. The summed E-state index contributed by atoms with van der Waals surface area (Å²) in [5.74, 6) is -4.61. The van der Waals surface area contributed by atoms with Crippen LogP contribution in [0.1, 0.15) is 32.9 Å². The molecule has 4 nitrogen and oxygen atoms in total. The molecule has 0 aliphatic heterocycles. The molecule has 1 N–H and O–H groups in total. The number of aromatic nitrogens is 1. The lowest BCUT2D eigenvalue weighted by Gasteiger charge is -2.17. The molecule has 0 bridgehead atoms. The van der Waals surface area contributed by atoms with Crippen molar-refractivity contribution in [3.8, 4) is 11.4 Å². The molecule has 1 amide bonds. The summed E-state index contributed by atoms with van der Waals surface area (Å²) < 4.78 is 87.9. The van der Waals surface area contributed by atoms with E-state index in [1.807, 2.05) is 0 Å². The summed E-state index contributed by atoms with van der Waals surface area (Å²) in [4.78, 5) is 13.0. The predicted molar refractivity (Wildman–Crippen MR) is 125 cm³/mol. The third-order valence-electron chi connectivity index (χ3n) is 5.73. The number of amides is 1. The van der Waals surface area contributed by atoms with Crippen LogP contribution in [-0.2, 0) is 12.8 Å². The smallest absolute Gasteiger partial charge is 0.418 e. The van der Waals surface area contributed by atoms with Gasteiger partial charge >= 0.3 is 6.18 Å². The minimum atomic E-state index is -4.58. The zero-order chi connectivity index (χ0) is 26.9. The van der Waals surface area contributed by atoms with Gasteiger partial charge in [-0.3, -0.25) is 4.79 Å². The van der Waals surface area contributed by atoms with E-state index in [-0.39, 0.29) is 29.2 Å². The van der Waals surface area contributed by atoms with E-state index in [1.54, 1.807) is 26.0 Å². The fourth-order valence-electron chi connectivity index (χ4n) is 3.97. The summed E-state index contributed by atoms with van der Waals surface area (Å²) in [6.45, 7) is 2.76. The van der Waals surface area contributed by atoms with Crippen molar-refractivity contribution in [2.24, 2.45) is 0 Å². The second kappa shape index (κ2) is 10.0. The third kappa shape index (κ3) is 5.32. The lowest BCUT2D eigenvalue weighted by molar-refractivity contribution is -0.137. The number of hydrogen-bond acceptors (Lipinski definition) is 2. The first kappa shape index (κ1) is 25.9. The van der Waals surface area contributed by atoms with Crippen molar-refractivity contribution in [3.05, 3.63) is 112 Å². The fourth-order valence-corrected chi connectivity index (χ4v) is 3.97. The van der Waals surface area contributed by atoms with E-state index >= 15 is 0 Å². The Kier molecular flexibility index (Phi) is 7.02. The molecule has 0 saturated heterocycles. The first-order valence-electron chi connectivity index (χ1n) is 11.0. The third-order valence-corrected chi connectivity index (χ3v) is 5.73. The molecule has 0 spiro atoms. The monoisotopic (exact) mass is 518 g/mol. The van der Waals surface area contributed by atoms with Crippen LogP contribution in [0, 0.1) is 31.3 Å². The van der Waals surface area contributed by atoms with Crippen LogP contribution in [0.25, 0.3) is 5.69 Å². The lowest BCUT2D eigenvalue weighted by Crippen LogP contribution is -2.15. The molecule has 0 unspecified atom stereocenters. The molecule has 1 heterocycles. The largest absolute Gasteiger partial charge is 0.489 e. The van der Waals surface area contributed by atoms with Crippen LogP contribution in [0.2, 0.25) is 0 Å². The molecule has 1 aromatic heterocycles. The number of ether oxygens (including phenoxy) is 1. The van der Waals surface area contributed by atoms with Gasteiger partial charge in [-0.25, -0.2) is 13.2 Å². The van der Waals surface area contributed by atoms with Gasteiger partial charge in [-0.2, -0.15) is 13.2 Å². The van der Waals surface area contributed by atoms with Gasteiger partial charge in [0.05, 0.1) is 16.8 Å². The van der Waals surface area contributed by atoms with Gasteiger partial charge in [0.2, 0.25) is 0 Å². The Morgan fingerprint density at radius 1 is 0.919 bits per heavy atom. The van der Waals surface area contributed by atoms with Crippen molar-refractivity contribution >= 4 is 11.6 Å². The van der Waals surface area contributed by atoms with Crippen molar-refractivity contribution < 1.29 is 35.9 Å². The van der Waals surface area contributed by atoms with Crippen molar-refractivity contribution in [2.75, 3.05) is 5.32 Å². The zero-order valence-corrected chi connectivity index (χ0v) is 19.6. The maximum Gasteiger partial charge on any atom is 0.418 e. The maximum atomic E-state index is 13.9. The van der Waals surface area contributed by atoms with Crippen molar-refractivity contribution in [2.45, 2.75) is 26.6 Å². The predicted octanol–water partition coefficient (Wildman–Crippen LogP) is 7.36. The number of carbonyl (C=O) groups excluding carboxylic acids is 1. The molecular weight excluding hydrogens is 498 g/mol. The number of halogens is 6. The highest BCUT2D eigenvalue weighted by Crippen LogP contribution is 2.35. The quantitative estimate of drug-likeness (QED) is 0.214. The molecule has 0 aliphatic rings. The highest BCUT2D eigenvalue weighted by atomic mass is 19.4. The Bertz CT molecular complexity index is 1480. The van der Waals surface area contributed by atoms with Gasteiger partial charge in [-0.15, -0.1) is 0 Å². The molecule has 0 radical (unpaired) electrons. The molecule has 10 heteroatoms.